The largest absolute Gasteiger partial charge is 0.256 e. The lowest BCUT2D eigenvalue weighted by Crippen LogP contribution is -2.39. The zero-order valence-corrected chi connectivity index (χ0v) is 16.4. The van der Waals surface area contributed by atoms with Gasteiger partial charge in [-0.2, -0.15) is 0 Å². The zero-order chi connectivity index (χ0) is 16.9. The lowest BCUT2D eigenvalue weighted by molar-refractivity contribution is 1.31. The van der Waals surface area contributed by atoms with Crippen molar-refractivity contribution in [3.63, 3.8) is 0 Å². The van der Waals surface area contributed by atoms with E-state index < -0.39 is 8.07 Å². The lowest BCUT2D eigenvalue weighted by Gasteiger charge is -2.19. The van der Waals surface area contributed by atoms with Gasteiger partial charge in [0.05, 0.1) is 13.8 Å². The molecule has 2 aromatic carbocycles. The molecule has 3 heteroatoms. The molecule has 0 unspecified atom stereocenters. The molecule has 0 N–H and O–H groups in total. The number of fused-ring (bicyclic) bond motifs is 3. The van der Waals surface area contributed by atoms with Gasteiger partial charge in [0.1, 0.15) is 0 Å². The van der Waals surface area contributed by atoms with E-state index in [2.05, 4.69) is 81.3 Å². The molecule has 0 radical (unpaired) electrons. The summed E-state index contributed by atoms with van der Waals surface area (Å²) in [5.41, 5.74) is 3.71. The molecule has 120 valence electrons. The third-order valence-corrected chi connectivity index (χ3v) is 7.96. The molecule has 4 aromatic rings. The quantitative estimate of drug-likeness (QED) is 0.407. The van der Waals surface area contributed by atoms with Crippen LogP contribution in [0.1, 0.15) is 5.56 Å². The van der Waals surface area contributed by atoms with E-state index in [0.29, 0.717) is 0 Å². The van der Waals surface area contributed by atoms with Crippen LogP contribution in [0, 0.1) is 6.92 Å². The van der Waals surface area contributed by atoms with Crippen molar-refractivity contribution in [2.45, 2.75) is 26.6 Å². The van der Waals surface area contributed by atoms with E-state index in [1.165, 1.54) is 36.5 Å². The molecule has 1 nitrogen and oxygen atoms in total. The van der Waals surface area contributed by atoms with Gasteiger partial charge in [-0.1, -0.05) is 56.0 Å². The number of hydrogen-bond donors (Lipinski definition) is 0. The molecule has 0 fully saturated rings. The zero-order valence-electron chi connectivity index (χ0n) is 14.6. The minimum Gasteiger partial charge on any atom is -0.256 e. The number of aromatic nitrogens is 1. The SMILES string of the molecule is Cc1cc(-c2cccc3c2sc2ccccc23)ncc1[Si](C)(C)C. The van der Waals surface area contributed by atoms with E-state index in [4.69, 9.17) is 4.98 Å². The Kier molecular flexibility index (Phi) is 3.59. The highest BCUT2D eigenvalue weighted by Gasteiger charge is 2.20. The number of thiophene rings is 1. The summed E-state index contributed by atoms with van der Waals surface area (Å²) >= 11 is 1.87. The number of benzene rings is 2. The van der Waals surface area contributed by atoms with E-state index in [1.807, 2.05) is 11.3 Å². The van der Waals surface area contributed by atoms with Gasteiger partial charge in [-0.05, 0) is 29.8 Å². The molecule has 0 bridgehead atoms. The maximum atomic E-state index is 4.84. The Morgan fingerprint density at radius 3 is 2.42 bits per heavy atom. The van der Waals surface area contributed by atoms with Crippen LogP contribution >= 0.6 is 11.3 Å². The minimum absolute atomic E-state index is 1.09. The second-order valence-electron chi connectivity index (χ2n) is 7.41. The maximum Gasteiger partial charge on any atom is 0.0799 e. The smallest absolute Gasteiger partial charge is 0.0799 e. The van der Waals surface area contributed by atoms with Crippen LogP contribution in [0.3, 0.4) is 0 Å². The molecule has 0 saturated heterocycles. The Labute approximate surface area is 148 Å². The Morgan fingerprint density at radius 1 is 0.917 bits per heavy atom. The molecule has 2 heterocycles. The highest BCUT2D eigenvalue weighted by Crippen LogP contribution is 2.39. The number of hydrogen-bond acceptors (Lipinski definition) is 2. The van der Waals surface area contributed by atoms with Gasteiger partial charge in [0.25, 0.3) is 0 Å². The van der Waals surface area contributed by atoms with Crippen molar-refractivity contribution in [1.82, 2.24) is 4.98 Å². The molecule has 4 rings (SSSR count). The first-order valence-electron chi connectivity index (χ1n) is 8.33. The van der Waals surface area contributed by atoms with Crippen molar-refractivity contribution in [2.75, 3.05) is 0 Å². The van der Waals surface area contributed by atoms with Crippen LogP contribution in [0.2, 0.25) is 19.6 Å². The fraction of sp³-hybridized carbons (Fsp3) is 0.190. The first-order chi connectivity index (χ1) is 11.4. The summed E-state index contributed by atoms with van der Waals surface area (Å²) in [5.74, 6) is 0. The topological polar surface area (TPSA) is 12.9 Å². The second kappa shape index (κ2) is 5.54. The summed E-state index contributed by atoms with van der Waals surface area (Å²) in [6.45, 7) is 9.36. The lowest BCUT2D eigenvalue weighted by atomic mass is 10.1. The van der Waals surface area contributed by atoms with E-state index >= 15 is 0 Å². The van der Waals surface area contributed by atoms with Gasteiger partial charge < -0.3 is 0 Å². The molecule has 24 heavy (non-hydrogen) atoms. The summed E-state index contributed by atoms with van der Waals surface area (Å²) in [6, 6.07) is 17.5. The maximum absolute atomic E-state index is 4.84. The molecule has 0 aliphatic rings. The van der Waals surface area contributed by atoms with E-state index in [1.54, 1.807) is 0 Å². The number of rotatable bonds is 2. The molecular weight excluding hydrogens is 326 g/mol. The van der Waals surface area contributed by atoms with Crippen molar-refractivity contribution >= 4 is 44.8 Å². The molecule has 0 saturated carbocycles. The van der Waals surface area contributed by atoms with Gasteiger partial charge in [0, 0.05) is 31.9 Å². The van der Waals surface area contributed by atoms with Gasteiger partial charge in [0.15, 0.2) is 0 Å². The van der Waals surface area contributed by atoms with E-state index in [9.17, 15) is 0 Å². The molecule has 0 atom stereocenters. The number of pyridine rings is 1. The molecule has 0 aliphatic heterocycles. The number of aryl methyl sites for hydroxylation is 1. The highest BCUT2D eigenvalue weighted by atomic mass is 32.1. The van der Waals surface area contributed by atoms with Gasteiger partial charge in [-0.15, -0.1) is 11.3 Å². The standard InChI is InChI=1S/C21H21NSSi/c1-14-12-18(22-13-20(14)24(2,3)4)17-10-7-9-16-15-8-5-6-11-19(15)23-21(16)17/h5-13H,1-4H3. The van der Waals surface area contributed by atoms with Crippen LogP contribution in [-0.4, -0.2) is 13.1 Å². The predicted molar refractivity (Wildman–Crippen MR) is 110 cm³/mol. The average Bonchev–Trinajstić information content (AvgIpc) is 2.92. The van der Waals surface area contributed by atoms with Gasteiger partial charge in [0.2, 0.25) is 0 Å². The summed E-state index contributed by atoms with van der Waals surface area (Å²) in [4.78, 5) is 4.84. The van der Waals surface area contributed by atoms with Crippen LogP contribution in [0.25, 0.3) is 31.4 Å². The van der Waals surface area contributed by atoms with Crippen LogP contribution in [0.4, 0.5) is 0 Å². The van der Waals surface area contributed by atoms with Crippen LogP contribution in [-0.2, 0) is 0 Å². The van der Waals surface area contributed by atoms with Crippen LogP contribution in [0.15, 0.2) is 54.7 Å². The summed E-state index contributed by atoms with van der Waals surface area (Å²) in [5, 5.41) is 4.13. The van der Waals surface area contributed by atoms with Gasteiger partial charge >= 0.3 is 0 Å². The Morgan fingerprint density at radius 2 is 1.67 bits per heavy atom. The fourth-order valence-electron chi connectivity index (χ4n) is 3.44. The molecule has 2 aromatic heterocycles. The Hall–Kier alpha value is -1.97. The summed E-state index contributed by atoms with van der Waals surface area (Å²) in [6.07, 6.45) is 2.11. The van der Waals surface area contributed by atoms with Gasteiger partial charge in [-0.3, -0.25) is 4.98 Å². The molecular formula is C21H21NSSi. The molecule has 0 aliphatic carbocycles. The van der Waals surface area contributed by atoms with Crippen molar-refractivity contribution < 1.29 is 0 Å². The van der Waals surface area contributed by atoms with E-state index in [-0.39, 0.29) is 0 Å². The van der Waals surface area contributed by atoms with Crippen LogP contribution in [0.5, 0.6) is 0 Å². The molecule has 0 amide bonds. The van der Waals surface area contributed by atoms with Crippen molar-refractivity contribution in [2.24, 2.45) is 0 Å². The van der Waals surface area contributed by atoms with E-state index in [0.717, 1.165) is 5.69 Å². The third kappa shape index (κ3) is 2.48. The Bertz CT molecular complexity index is 1060. The minimum atomic E-state index is -1.34. The monoisotopic (exact) mass is 347 g/mol. The Balaban J connectivity index is 1.95. The predicted octanol–water partition coefficient (Wildman–Crippen LogP) is 5.97. The average molecular weight is 348 g/mol. The summed E-state index contributed by atoms with van der Waals surface area (Å²) in [7, 11) is -1.34. The van der Waals surface area contributed by atoms with Crippen LogP contribution < -0.4 is 5.19 Å². The first kappa shape index (κ1) is 15.5. The fourth-order valence-corrected chi connectivity index (χ4v) is 6.37. The second-order valence-corrected chi connectivity index (χ2v) is 13.5. The van der Waals surface area contributed by atoms with Crippen molar-refractivity contribution in [3.05, 3.63) is 60.3 Å². The molecule has 0 spiro atoms. The number of nitrogens with zero attached hydrogens (tertiary/aromatic N) is 1. The summed E-state index contributed by atoms with van der Waals surface area (Å²) < 4.78 is 2.68. The highest BCUT2D eigenvalue weighted by molar-refractivity contribution is 7.26. The van der Waals surface area contributed by atoms with Gasteiger partial charge in [-0.25, -0.2) is 0 Å². The first-order valence-corrected chi connectivity index (χ1v) is 12.6. The normalized spacial score (nSPS) is 12.2. The van der Waals surface area contributed by atoms with Crippen molar-refractivity contribution in [1.29, 1.82) is 0 Å². The third-order valence-electron chi connectivity index (χ3n) is 4.60. The van der Waals surface area contributed by atoms with Crippen molar-refractivity contribution in [3.8, 4) is 11.3 Å².